The summed E-state index contributed by atoms with van der Waals surface area (Å²) < 4.78 is 25.6. The normalized spacial score (nSPS) is 37.1. The summed E-state index contributed by atoms with van der Waals surface area (Å²) in [6.45, 7) is 1.72. The highest BCUT2D eigenvalue weighted by atomic mass is 19.3. The van der Waals surface area contributed by atoms with Gasteiger partial charge in [0.05, 0.1) is 0 Å². The molecule has 1 fully saturated rings. The van der Waals surface area contributed by atoms with E-state index in [1.807, 2.05) is 6.92 Å². The van der Waals surface area contributed by atoms with Crippen molar-refractivity contribution in [1.29, 1.82) is 0 Å². The van der Waals surface area contributed by atoms with Crippen molar-refractivity contribution >= 4 is 0 Å². The van der Waals surface area contributed by atoms with E-state index in [-0.39, 0.29) is 31.3 Å². The van der Waals surface area contributed by atoms with Crippen LogP contribution in [0, 0.1) is 11.8 Å². The fourth-order valence-corrected chi connectivity index (χ4v) is 1.89. The van der Waals surface area contributed by atoms with Crippen molar-refractivity contribution in [1.82, 2.24) is 0 Å². The Balaban J connectivity index is 2.51. The van der Waals surface area contributed by atoms with Crippen molar-refractivity contribution in [2.75, 3.05) is 6.61 Å². The van der Waals surface area contributed by atoms with E-state index in [4.69, 9.17) is 5.11 Å². The van der Waals surface area contributed by atoms with E-state index in [1.54, 1.807) is 0 Å². The minimum Gasteiger partial charge on any atom is -0.396 e. The molecule has 0 aliphatic heterocycles. The molecule has 1 N–H and O–H groups in total. The van der Waals surface area contributed by atoms with E-state index in [2.05, 4.69) is 0 Å². The maximum atomic E-state index is 12.8. The molecule has 66 valence electrons. The standard InChI is InChI=1S/C8H14F2O/c1-6-2-7(5-11)4-8(9,10)3-6/h6-7,11H,2-5H2,1H3. The van der Waals surface area contributed by atoms with Crippen molar-refractivity contribution < 1.29 is 13.9 Å². The largest absolute Gasteiger partial charge is 0.396 e. The average Bonchev–Trinajstić information content (AvgIpc) is 1.83. The molecule has 0 spiro atoms. The number of aliphatic hydroxyl groups is 1. The Bertz CT molecular complexity index is 136. The van der Waals surface area contributed by atoms with Gasteiger partial charge in [-0.3, -0.25) is 0 Å². The Morgan fingerprint density at radius 1 is 1.45 bits per heavy atom. The first kappa shape index (κ1) is 8.91. The van der Waals surface area contributed by atoms with Gasteiger partial charge in [-0.05, 0) is 18.3 Å². The second kappa shape index (κ2) is 3.05. The molecule has 1 saturated carbocycles. The third-order valence-corrected chi connectivity index (χ3v) is 2.23. The van der Waals surface area contributed by atoms with Crippen LogP contribution in [0.1, 0.15) is 26.2 Å². The lowest BCUT2D eigenvalue weighted by Crippen LogP contribution is -2.32. The monoisotopic (exact) mass is 164 g/mol. The van der Waals surface area contributed by atoms with Gasteiger partial charge in [0, 0.05) is 19.4 Å². The molecule has 1 nitrogen and oxygen atoms in total. The van der Waals surface area contributed by atoms with Gasteiger partial charge in [0.15, 0.2) is 0 Å². The molecule has 0 heterocycles. The summed E-state index contributed by atoms with van der Waals surface area (Å²) in [6.07, 6.45) is 0.601. The highest BCUT2D eigenvalue weighted by Gasteiger charge is 2.39. The first-order valence-electron chi connectivity index (χ1n) is 4.02. The minimum absolute atomic E-state index is 0.0104. The Labute approximate surface area is 65.4 Å². The topological polar surface area (TPSA) is 20.2 Å². The molecule has 1 aliphatic carbocycles. The van der Waals surface area contributed by atoms with Crippen LogP contribution in [0.3, 0.4) is 0 Å². The quantitative estimate of drug-likeness (QED) is 0.628. The van der Waals surface area contributed by atoms with Gasteiger partial charge in [-0.25, -0.2) is 8.78 Å². The van der Waals surface area contributed by atoms with Gasteiger partial charge in [0.1, 0.15) is 0 Å². The zero-order chi connectivity index (χ0) is 8.48. The van der Waals surface area contributed by atoms with Gasteiger partial charge in [0.2, 0.25) is 5.92 Å². The summed E-state index contributed by atoms with van der Waals surface area (Å²) in [5.74, 6) is -2.67. The van der Waals surface area contributed by atoms with Crippen LogP contribution in [0.25, 0.3) is 0 Å². The minimum atomic E-state index is -2.54. The lowest BCUT2D eigenvalue weighted by atomic mass is 9.80. The summed E-state index contributed by atoms with van der Waals surface area (Å²) in [7, 11) is 0. The third-order valence-electron chi connectivity index (χ3n) is 2.23. The first-order valence-corrected chi connectivity index (χ1v) is 4.02. The van der Waals surface area contributed by atoms with Crippen LogP contribution in [0.4, 0.5) is 8.78 Å². The lowest BCUT2D eigenvalue weighted by Gasteiger charge is -2.31. The molecule has 0 aromatic carbocycles. The molecule has 11 heavy (non-hydrogen) atoms. The van der Waals surface area contributed by atoms with E-state index >= 15 is 0 Å². The van der Waals surface area contributed by atoms with Crippen molar-refractivity contribution in [2.45, 2.75) is 32.1 Å². The first-order chi connectivity index (χ1) is 5.03. The summed E-state index contributed by atoms with van der Waals surface area (Å²) in [5.41, 5.74) is 0. The maximum Gasteiger partial charge on any atom is 0.248 e. The second-order valence-corrected chi connectivity index (χ2v) is 3.65. The lowest BCUT2D eigenvalue weighted by molar-refractivity contribution is -0.0769. The predicted molar refractivity (Wildman–Crippen MR) is 38.5 cm³/mol. The summed E-state index contributed by atoms with van der Waals surface area (Å²) in [6, 6.07) is 0. The number of rotatable bonds is 1. The smallest absolute Gasteiger partial charge is 0.248 e. The highest BCUT2D eigenvalue weighted by molar-refractivity contribution is 4.81. The van der Waals surface area contributed by atoms with Crippen LogP contribution in [-0.4, -0.2) is 17.6 Å². The number of halogens is 2. The molecule has 1 rings (SSSR count). The van der Waals surface area contributed by atoms with Crippen molar-refractivity contribution in [3.63, 3.8) is 0 Å². The summed E-state index contributed by atoms with van der Waals surface area (Å²) in [4.78, 5) is 0. The van der Waals surface area contributed by atoms with Crippen LogP contribution in [0.15, 0.2) is 0 Å². The van der Waals surface area contributed by atoms with Crippen LogP contribution >= 0.6 is 0 Å². The van der Waals surface area contributed by atoms with Crippen LogP contribution < -0.4 is 0 Å². The van der Waals surface area contributed by atoms with Gasteiger partial charge >= 0.3 is 0 Å². The molecular weight excluding hydrogens is 150 g/mol. The number of hydrogen-bond acceptors (Lipinski definition) is 1. The van der Waals surface area contributed by atoms with Gasteiger partial charge in [0.25, 0.3) is 0 Å². The van der Waals surface area contributed by atoms with E-state index in [0.29, 0.717) is 0 Å². The number of alkyl halides is 2. The molecule has 0 aromatic heterocycles. The Morgan fingerprint density at radius 2 is 2.09 bits per heavy atom. The van der Waals surface area contributed by atoms with Gasteiger partial charge in [-0.15, -0.1) is 0 Å². The fraction of sp³-hybridized carbons (Fsp3) is 1.00. The molecule has 1 aliphatic rings. The van der Waals surface area contributed by atoms with Gasteiger partial charge in [-0.2, -0.15) is 0 Å². The Kier molecular flexibility index (Phi) is 2.47. The second-order valence-electron chi connectivity index (χ2n) is 3.65. The molecule has 2 atom stereocenters. The number of hydrogen-bond donors (Lipinski definition) is 1. The van der Waals surface area contributed by atoms with E-state index < -0.39 is 5.92 Å². The van der Waals surface area contributed by atoms with Gasteiger partial charge < -0.3 is 5.11 Å². The predicted octanol–water partition coefficient (Wildman–Crippen LogP) is 2.05. The molecule has 0 saturated heterocycles. The third kappa shape index (κ3) is 2.40. The van der Waals surface area contributed by atoms with E-state index in [0.717, 1.165) is 6.42 Å². The molecule has 0 aromatic rings. The molecule has 2 unspecified atom stereocenters. The zero-order valence-electron chi connectivity index (χ0n) is 6.69. The van der Waals surface area contributed by atoms with Crippen LogP contribution in [-0.2, 0) is 0 Å². The van der Waals surface area contributed by atoms with Crippen LogP contribution in [0.2, 0.25) is 0 Å². The SMILES string of the molecule is CC1CC(CO)CC(F)(F)C1. The van der Waals surface area contributed by atoms with Crippen molar-refractivity contribution in [3.05, 3.63) is 0 Å². The summed E-state index contributed by atoms with van der Waals surface area (Å²) in [5, 5.41) is 8.71. The molecule has 0 amide bonds. The highest BCUT2D eigenvalue weighted by Crippen LogP contribution is 2.39. The Morgan fingerprint density at radius 3 is 2.55 bits per heavy atom. The van der Waals surface area contributed by atoms with Crippen LogP contribution in [0.5, 0.6) is 0 Å². The molecular formula is C8H14F2O. The molecule has 0 radical (unpaired) electrons. The molecule has 3 heteroatoms. The maximum absolute atomic E-state index is 12.8. The van der Waals surface area contributed by atoms with E-state index in [1.165, 1.54) is 0 Å². The average molecular weight is 164 g/mol. The van der Waals surface area contributed by atoms with Crippen molar-refractivity contribution in [2.24, 2.45) is 11.8 Å². The fourth-order valence-electron chi connectivity index (χ4n) is 1.89. The zero-order valence-corrected chi connectivity index (χ0v) is 6.69. The van der Waals surface area contributed by atoms with Gasteiger partial charge in [-0.1, -0.05) is 6.92 Å². The van der Waals surface area contributed by atoms with E-state index in [9.17, 15) is 8.78 Å². The summed E-state index contributed by atoms with van der Waals surface area (Å²) >= 11 is 0. The molecule has 0 bridgehead atoms. The Hall–Kier alpha value is -0.180. The number of aliphatic hydroxyl groups excluding tert-OH is 1. The van der Waals surface area contributed by atoms with Crippen molar-refractivity contribution in [3.8, 4) is 0 Å².